The number of carbonyl (C=O) groups is 1. The molecule has 3 rings (SSSR count). The molecule has 2 aromatic heterocycles. The van der Waals surface area contributed by atoms with Crippen LogP contribution >= 0.6 is 23.1 Å². The summed E-state index contributed by atoms with van der Waals surface area (Å²) < 4.78 is 2.07. The molecule has 0 saturated heterocycles. The maximum absolute atomic E-state index is 12.2. The molecule has 25 heavy (non-hydrogen) atoms. The van der Waals surface area contributed by atoms with Crippen molar-refractivity contribution in [1.29, 1.82) is 0 Å². The highest BCUT2D eigenvalue weighted by atomic mass is 32.2. The van der Waals surface area contributed by atoms with Gasteiger partial charge in [-0.05, 0) is 19.4 Å². The molecule has 0 fully saturated rings. The van der Waals surface area contributed by atoms with Gasteiger partial charge < -0.3 is 9.88 Å². The second kappa shape index (κ2) is 8.26. The van der Waals surface area contributed by atoms with Crippen LogP contribution in [0.1, 0.15) is 32.9 Å². The summed E-state index contributed by atoms with van der Waals surface area (Å²) in [5, 5.41) is 13.1. The van der Waals surface area contributed by atoms with Gasteiger partial charge >= 0.3 is 0 Å². The third-order valence-corrected chi connectivity index (χ3v) is 5.70. The second-order valence-corrected chi connectivity index (χ2v) is 7.46. The number of benzene rings is 1. The zero-order chi connectivity index (χ0) is 17.6. The number of nitrogens with one attached hydrogen (secondary N) is 1. The van der Waals surface area contributed by atoms with Crippen molar-refractivity contribution in [2.75, 3.05) is 0 Å². The standard InChI is InChI=1S/C17H19N5OS2/c1-3-22-9-8-18-17(22)24-11-14-20-21-16(25-14)15(23)19-10-13-6-4-12(2)5-7-13/h4-9H,3,10-11H2,1-2H3,(H,19,23). The number of carbonyl (C=O) groups excluding carboxylic acids is 1. The van der Waals surface area contributed by atoms with Crippen molar-refractivity contribution in [3.63, 3.8) is 0 Å². The first-order chi connectivity index (χ1) is 12.2. The second-order valence-electron chi connectivity index (χ2n) is 5.45. The topological polar surface area (TPSA) is 72.7 Å². The van der Waals surface area contributed by atoms with Crippen molar-refractivity contribution in [3.05, 3.63) is 57.8 Å². The van der Waals surface area contributed by atoms with E-state index in [9.17, 15) is 4.79 Å². The molecule has 6 nitrogen and oxygen atoms in total. The Balaban J connectivity index is 1.53. The molecule has 1 amide bonds. The summed E-state index contributed by atoms with van der Waals surface area (Å²) >= 11 is 2.92. The lowest BCUT2D eigenvalue weighted by Gasteiger charge is -2.03. The van der Waals surface area contributed by atoms with Gasteiger partial charge in [0.05, 0.1) is 5.75 Å². The van der Waals surface area contributed by atoms with Crippen LogP contribution in [0.2, 0.25) is 0 Å². The fourth-order valence-corrected chi connectivity index (χ4v) is 3.94. The summed E-state index contributed by atoms with van der Waals surface area (Å²) in [5.74, 6) is 0.462. The molecular formula is C17H19N5OS2. The molecule has 1 aromatic carbocycles. The Hall–Kier alpha value is -2.19. The van der Waals surface area contributed by atoms with Crippen molar-refractivity contribution < 1.29 is 4.79 Å². The Morgan fingerprint density at radius 3 is 2.84 bits per heavy atom. The number of hydrogen-bond donors (Lipinski definition) is 1. The summed E-state index contributed by atoms with van der Waals surface area (Å²) in [6.07, 6.45) is 3.74. The van der Waals surface area contributed by atoms with E-state index < -0.39 is 0 Å². The summed E-state index contributed by atoms with van der Waals surface area (Å²) in [4.78, 5) is 16.5. The normalized spacial score (nSPS) is 10.8. The maximum Gasteiger partial charge on any atom is 0.282 e. The van der Waals surface area contributed by atoms with Crippen LogP contribution in [-0.2, 0) is 18.8 Å². The van der Waals surface area contributed by atoms with Crippen molar-refractivity contribution in [2.24, 2.45) is 0 Å². The molecule has 0 unspecified atom stereocenters. The SMILES string of the molecule is CCn1ccnc1SCc1nnc(C(=O)NCc2ccc(C)cc2)s1. The molecule has 0 radical (unpaired) electrons. The fourth-order valence-electron chi connectivity index (χ4n) is 2.17. The minimum Gasteiger partial charge on any atom is -0.346 e. The number of imidazole rings is 1. The molecule has 3 aromatic rings. The van der Waals surface area contributed by atoms with Gasteiger partial charge in [0.2, 0.25) is 5.01 Å². The predicted octanol–water partition coefficient (Wildman–Crippen LogP) is 3.29. The van der Waals surface area contributed by atoms with E-state index in [0.29, 0.717) is 17.3 Å². The van der Waals surface area contributed by atoms with Crippen molar-refractivity contribution in [1.82, 2.24) is 25.1 Å². The largest absolute Gasteiger partial charge is 0.346 e. The minimum absolute atomic E-state index is 0.190. The monoisotopic (exact) mass is 373 g/mol. The zero-order valence-electron chi connectivity index (χ0n) is 14.1. The molecule has 0 aliphatic heterocycles. The van der Waals surface area contributed by atoms with Crippen molar-refractivity contribution >= 4 is 29.0 Å². The van der Waals surface area contributed by atoms with E-state index >= 15 is 0 Å². The molecule has 0 spiro atoms. The van der Waals surface area contributed by atoms with Gasteiger partial charge in [0.15, 0.2) is 5.16 Å². The quantitative estimate of drug-likeness (QED) is 0.644. The molecule has 0 aliphatic carbocycles. The molecular weight excluding hydrogens is 354 g/mol. The van der Waals surface area contributed by atoms with E-state index in [1.54, 1.807) is 18.0 Å². The number of thioether (sulfide) groups is 1. The van der Waals surface area contributed by atoms with E-state index in [1.165, 1.54) is 16.9 Å². The third-order valence-electron chi connectivity index (χ3n) is 3.58. The zero-order valence-corrected chi connectivity index (χ0v) is 15.7. The number of nitrogens with zero attached hydrogens (tertiary/aromatic N) is 4. The fraction of sp³-hybridized carbons (Fsp3) is 0.294. The average Bonchev–Trinajstić information content (AvgIpc) is 3.28. The summed E-state index contributed by atoms with van der Waals surface area (Å²) in [6.45, 7) is 5.48. The van der Waals surface area contributed by atoms with Gasteiger partial charge in [-0.1, -0.05) is 52.9 Å². The molecule has 0 atom stereocenters. The Morgan fingerprint density at radius 2 is 2.08 bits per heavy atom. The van der Waals surface area contributed by atoms with Crippen LogP contribution in [0.4, 0.5) is 0 Å². The number of rotatable bonds is 7. The van der Waals surface area contributed by atoms with Crippen LogP contribution in [0.5, 0.6) is 0 Å². The van der Waals surface area contributed by atoms with Crippen LogP contribution < -0.4 is 5.32 Å². The highest BCUT2D eigenvalue weighted by Crippen LogP contribution is 2.23. The summed E-state index contributed by atoms with van der Waals surface area (Å²) in [6, 6.07) is 8.07. The van der Waals surface area contributed by atoms with E-state index in [4.69, 9.17) is 0 Å². The van der Waals surface area contributed by atoms with E-state index in [2.05, 4.69) is 32.0 Å². The molecule has 8 heteroatoms. The van der Waals surface area contributed by atoms with Gasteiger partial charge in [-0.25, -0.2) is 4.98 Å². The Labute approximate surface area is 154 Å². The first-order valence-corrected chi connectivity index (χ1v) is 9.76. The van der Waals surface area contributed by atoms with Gasteiger partial charge in [0.1, 0.15) is 5.01 Å². The Bertz CT molecular complexity index is 841. The summed E-state index contributed by atoms with van der Waals surface area (Å²) in [7, 11) is 0. The van der Waals surface area contributed by atoms with Gasteiger partial charge in [-0.15, -0.1) is 10.2 Å². The van der Waals surface area contributed by atoms with E-state index in [0.717, 1.165) is 22.3 Å². The van der Waals surface area contributed by atoms with Gasteiger partial charge in [0, 0.05) is 25.5 Å². The lowest BCUT2D eigenvalue weighted by atomic mass is 10.1. The smallest absolute Gasteiger partial charge is 0.282 e. The number of hydrogen-bond acceptors (Lipinski definition) is 6. The first-order valence-electron chi connectivity index (χ1n) is 7.95. The van der Waals surface area contributed by atoms with Gasteiger partial charge in [0.25, 0.3) is 5.91 Å². The number of amides is 1. The molecule has 0 aliphatic rings. The molecule has 0 bridgehead atoms. The van der Waals surface area contributed by atoms with Crippen LogP contribution in [0.3, 0.4) is 0 Å². The lowest BCUT2D eigenvalue weighted by molar-refractivity contribution is 0.0950. The van der Waals surface area contributed by atoms with Crippen LogP contribution in [0.25, 0.3) is 0 Å². The van der Waals surface area contributed by atoms with Gasteiger partial charge in [-0.3, -0.25) is 4.79 Å². The highest BCUT2D eigenvalue weighted by molar-refractivity contribution is 7.98. The van der Waals surface area contributed by atoms with Gasteiger partial charge in [-0.2, -0.15) is 0 Å². The molecule has 1 N–H and O–H groups in total. The maximum atomic E-state index is 12.2. The van der Waals surface area contributed by atoms with Crippen LogP contribution in [-0.4, -0.2) is 25.7 Å². The predicted molar refractivity (Wildman–Crippen MR) is 99.7 cm³/mol. The number of aryl methyl sites for hydroxylation is 2. The Kier molecular flexibility index (Phi) is 5.83. The van der Waals surface area contributed by atoms with Crippen molar-refractivity contribution in [3.8, 4) is 0 Å². The molecule has 130 valence electrons. The minimum atomic E-state index is -0.190. The Morgan fingerprint density at radius 1 is 1.28 bits per heavy atom. The van der Waals surface area contributed by atoms with Crippen LogP contribution in [0.15, 0.2) is 41.8 Å². The highest BCUT2D eigenvalue weighted by Gasteiger charge is 2.13. The van der Waals surface area contributed by atoms with Crippen molar-refractivity contribution in [2.45, 2.75) is 37.8 Å². The summed E-state index contributed by atoms with van der Waals surface area (Å²) in [5.41, 5.74) is 2.26. The third kappa shape index (κ3) is 4.67. The lowest BCUT2D eigenvalue weighted by Crippen LogP contribution is -2.22. The molecule has 0 saturated carbocycles. The number of aromatic nitrogens is 4. The molecule has 2 heterocycles. The average molecular weight is 374 g/mol. The first kappa shape index (κ1) is 17.6. The van der Waals surface area contributed by atoms with Crippen LogP contribution in [0, 0.1) is 6.92 Å². The van der Waals surface area contributed by atoms with E-state index in [-0.39, 0.29) is 5.91 Å². The van der Waals surface area contributed by atoms with E-state index in [1.807, 2.05) is 37.4 Å².